The van der Waals surface area contributed by atoms with E-state index in [0.29, 0.717) is 0 Å². The van der Waals surface area contributed by atoms with Gasteiger partial charge < -0.3 is 5.32 Å². The second-order valence-corrected chi connectivity index (χ2v) is 7.95. The van der Waals surface area contributed by atoms with Gasteiger partial charge in [0, 0.05) is 19.1 Å². The summed E-state index contributed by atoms with van der Waals surface area (Å²) in [6.45, 7) is 6.24. The Bertz CT molecular complexity index is 425. The lowest BCUT2D eigenvalue weighted by molar-refractivity contribution is 0.535. The fraction of sp³-hybridized carbons (Fsp3) is 1.00. The molecule has 0 heterocycles. The van der Waals surface area contributed by atoms with E-state index in [-0.39, 0.29) is 43.0 Å². The van der Waals surface area contributed by atoms with Crippen molar-refractivity contribution in [1.82, 2.24) is 14.8 Å². The average Bonchev–Trinajstić information content (AvgIpc) is 2.26. The highest BCUT2D eigenvalue weighted by Crippen LogP contribution is 1.88. The molecule has 0 bridgehead atoms. The van der Waals surface area contributed by atoms with Gasteiger partial charge >= 0.3 is 0 Å². The summed E-state index contributed by atoms with van der Waals surface area (Å²) < 4.78 is 49.9. The highest BCUT2D eigenvalue weighted by Gasteiger charge is 2.13. The van der Waals surface area contributed by atoms with E-state index in [0.717, 1.165) is 6.54 Å². The molecule has 0 aromatic carbocycles. The van der Waals surface area contributed by atoms with Crippen LogP contribution in [0.5, 0.6) is 0 Å². The summed E-state index contributed by atoms with van der Waals surface area (Å²) in [7, 11) is -6.78. The molecule has 0 aliphatic carbocycles. The van der Waals surface area contributed by atoms with E-state index in [9.17, 15) is 16.8 Å². The smallest absolute Gasteiger partial charge is 0.212 e. The minimum Gasteiger partial charge on any atom is -0.313 e. The maximum atomic E-state index is 11.5. The van der Waals surface area contributed by atoms with Crippen LogP contribution >= 0.6 is 12.4 Å². The molecular formula is C9H24ClN3O4S2. The van der Waals surface area contributed by atoms with Crippen LogP contribution in [0.4, 0.5) is 0 Å². The maximum absolute atomic E-state index is 11.5. The van der Waals surface area contributed by atoms with Crippen molar-refractivity contribution in [3.8, 4) is 0 Å². The van der Waals surface area contributed by atoms with Gasteiger partial charge in [-0.25, -0.2) is 26.3 Å². The first-order valence-corrected chi connectivity index (χ1v) is 9.21. The van der Waals surface area contributed by atoms with Gasteiger partial charge in [-0.2, -0.15) is 0 Å². The highest BCUT2D eigenvalue weighted by atomic mass is 35.5. The minimum atomic E-state index is -3.44. The summed E-state index contributed by atoms with van der Waals surface area (Å²) in [5.41, 5.74) is 0. The molecule has 1 atom stereocenters. The Balaban J connectivity index is 0. The molecule has 3 N–H and O–H groups in total. The molecule has 0 amide bonds. The molecule has 19 heavy (non-hydrogen) atoms. The van der Waals surface area contributed by atoms with Crippen molar-refractivity contribution in [2.45, 2.75) is 26.8 Å². The Kier molecular flexibility index (Phi) is 11.1. The molecule has 0 fully saturated rings. The van der Waals surface area contributed by atoms with Gasteiger partial charge in [0.2, 0.25) is 20.0 Å². The molecule has 0 aliphatic heterocycles. The Morgan fingerprint density at radius 2 is 1.58 bits per heavy atom. The van der Waals surface area contributed by atoms with Gasteiger partial charge in [0.05, 0.1) is 11.5 Å². The Morgan fingerprint density at radius 3 is 2.05 bits per heavy atom. The van der Waals surface area contributed by atoms with Crippen LogP contribution in [-0.4, -0.2) is 54.0 Å². The Hall–Kier alpha value is 0.0700. The second-order valence-electron chi connectivity index (χ2n) is 3.92. The van der Waals surface area contributed by atoms with Gasteiger partial charge in [0.15, 0.2) is 0 Å². The van der Waals surface area contributed by atoms with Crippen LogP contribution in [0.25, 0.3) is 0 Å². The van der Waals surface area contributed by atoms with Crippen LogP contribution in [0.1, 0.15) is 20.8 Å². The van der Waals surface area contributed by atoms with Crippen LogP contribution in [0, 0.1) is 0 Å². The SMILES string of the molecule is CCN[C@H](C)CNS(=O)(=O)CCNS(=O)(=O)CC.Cl. The van der Waals surface area contributed by atoms with Gasteiger partial charge in [0.25, 0.3) is 0 Å². The standard InChI is InChI=1S/C9H23N3O4S2.ClH/c1-4-10-9(3)8-12-18(15,16)7-6-11-17(13,14)5-2;/h9-12H,4-8H2,1-3H3;1H/t9-;/m1./s1. The summed E-state index contributed by atoms with van der Waals surface area (Å²) in [4.78, 5) is 0. The summed E-state index contributed by atoms with van der Waals surface area (Å²) in [6.07, 6.45) is 0. The van der Waals surface area contributed by atoms with Crippen LogP contribution in [0.2, 0.25) is 0 Å². The number of nitrogens with one attached hydrogen (secondary N) is 3. The summed E-state index contributed by atoms with van der Waals surface area (Å²) in [6, 6.07) is 0.0390. The molecule has 0 rings (SSSR count). The molecular weight excluding hydrogens is 314 g/mol. The summed E-state index contributed by atoms with van der Waals surface area (Å²) in [5.74, 6) is -0.316. The van der Waals surface area contributed by atoms with Crippen molar-refractivity contribution in [3.63, 3.8) is 0 Å². The van der Waals surface area contributed by atoms with Gasteiger partial charge in [-0.15, -0.1) is 12.4 Å². The topological polar surface area (TPSA) is 104 Å². The van der Waals surface area contributed by atoms with Gasteiger partial charge in [0.1, 0.15) is 0 Å². The Labute approximate surface area is 122 Å². The highest BCUT2D eigenvalue weighted by molar-refractivity contribution is 7.90. The first-order chi connectivity index (χ1) is 8.22. The monoisotopic (exact) mass is 337 g/mol. The molecule has 0 aromatic heterocycles. The van der Waals surface area contributed by atoms with Gasteiger partial charge in [-0.05, 0) is 20.4 Å². The summed E-state index contributed by atoms with van der Waals surface area (Å²) >= 11 is 0. The number of rotatable bonds is 10. The molecule has 0 spiro atoms. The van der Waals surface area contributed by atoms with E-state index in [4.69, 9.17) is 0 Å². The van der Waals surface area contributed by atoms with E-state index in [1.54, 1.807) is 0 Å². The quantitative estimate of drug-likeness (QED) is 0.487. The van der Waals surface area contributed by atoms with Crippen LogP contribution < -0.4 is 14.8 Å². The largest absolute Gasteiger partial charge is 0.313 e. The van der Waals surface area contributed by atoms with E-state index in [1.165, 1.54) is 6.92 Å². The minimum absolute atomic E-state index is 0. The predicted molar refractivity (Wildman–Crippen MR) is 79.6 cm³/mol. The first-order valence-electron chi connectivity index (χ1n) is 5.90. The third-order valence-corrected chi connectivity index (χ3v) is 4.99. The van der Waals surface area contributed by atoms with E-state index < -0.39 is 20.0 Å². The number of hydrogen-bond acceptors (Lipinski definition) is 5. The zero-order valence-electron chi connectivity index (χ0n) is 11.5. The van der Waals surface area contributed by atoms with Crippen molar-refractivity contribution in [2.24, 2.45) is 0 Å². The molecule has 10 heteroatoms. The maximum Gasteiger partial charge on any atom is 0.212 e. The van der Waals surface area contributed by atoms with Crippen LogP contribution in [0.15, 0.2) is 0 Å². The second kappa shape index (κ2) is 9.89. The van der Waals surface area contributed by atoms with Gasteiger partial charge in [-0.3, -0.25) is 0 Å². The van der Waals surface area contributed by atoms with Crippen molar-refractivity contribution < 1.29 is 16.8 Å². The molecule has 118 valence electrons. The molecule has 0 aromatic rings. The van der Waals surface area contributed by atoms with E-state index >= 15 is 0 Å². The predicted octanol–water partition coefficient (Wildman–Crippen LogP) is -0.735. The van der Waals surface area contributed by atoms with Crippen molar-refractivity contribution in [2.75, 3.05) is 31.1 Å². The normalized spacial score (nSPS) is 13.8. The first kappa shape index (κ1) is 21.4. The van der Waals surface area contributed by atoms with E-state index in [2.05, 4.69) is 14.8 Å². The number of likely N-dealkylation sites (N-methyl/N-ethyl adjacent to an activating group) is 1. The zero-order chi connectivity index (χ0) is 14.2. The zero-order valence-corrected chi connectivity index (χ0v) is 13.9. The lowest BCUT2D eigenvalue weighted by Gasteiger charge is -2.13. The lowest BCUT2D eigenvalue weighted by atomic mass is 10.3. The average molecular weight is 338 g/mol. The van der Waals surface area contributed by atoms with Crippen LogP contribution in [-0.2, 0) is 20.0 Å². The fourth-order valence-electron chi connectivity index (χ4n) is 1.18. The third kappa shape index (κ3) is 11.6. The number of hydrogen-bond donors (Lipinski definition) is 3. The molecule has 7 nitrogen and oxygen atoms in total. The van der Waals surface area contributed by atoms with Crippen molar-refractivity contribution >= 4 is 32.5 Å². The molecule has 0 saturated heterocycles. The number of halogens is 1. The molecule has 0 radical (unpaired) electrons. The Morgan fingerprint density at radius 1 is 1.00 bits per heavy atom. The van der Waals surface area contributed by atoms with E-state index in [1.807, 2.05) is 13.8 Å². The third-order valence-electron chi connectivity index (χ3n) is 2.23. The lowest BCUT2D eigenvalue weighted by Crippen LogP contribution is -2.41. The van der Waals surface area contributed by atoms with Crippen molar-refractivity contribution in [1.29, 1.82) is 0 Å². The molecule has 0 saturated carbocycles. The molecule has 0 aliphatic rings. The number of sulfonamides is 2. The molecule has 0 unspecified atom stereocenters. The fourth-order valence-corrected chi connectivity index (χ4v) is 2.94. The van der Waals surface area contributed by atoms with Crippen LogP contribution in [0.3, 0.4) is 0 Å². The van der Waals surface area contributed by atoms with Gasteiger partial charge in [-0.1, -0.05) is 6.92 Å². The summed E-state index contributed by atoms with van der Waals surface area (Å²) in [5, 5.41) is 3.07. The van der Waals surface area contributed by atoms with Crippen molar-refractivity contribution in [3.05, 3.63) is 0 Å².